The first-order valence-corrected chi connectivity index (χ1v) is 3.29. The summed E-state index contributed by atoms with van der Waals surface area (Å²) in [6.07, 6.45) is 0. The van der Waals surface area contributed by atoms with Crippen LogP contribution in [0.4, 0.5) is 13.2 Å². The number of hydrogen-bond donors (Lipinski definition) is 0. The van der Waals surface area contributed by atoms with Gasteiger partial charge in [0.2, 0.25) is 0 Å². The van der Waals surface area contributed by atoms with Crippen LogP contribution in [0.2, 0.25) is 0 Å². The molecule has 1 rings (SSSR count). The fourth-order valence-electron chi connectivity index (χ4n) is 0.669. The number of benzene rings is 1. The van der Waals surface area contributed by atoms with Crippen LogP contribution in [0.15, 0.2) is 12.1 Å². The molecular formula is C8H2ClF3. The third-order valence-electron chi connectivity index (χ3n) is 1.19. The van der Waals surface area contributed by atoms with Crippen molar-refractivity contribution in [3.05, 3.63) is 35.1 Å². The normalized spacial score (nSPS) is 9.00. The highest BCUT2D eigenvalue weighted by Gasteiger charge is 2.07. The van der Waals surface area contributed by atoms with Gasteiger partial charge in [-0.3, -0.25) is 0 Å². The zero-order valence-corrected chi connectivity index (χ0v) is 6.42. The number of hydrogen-bond acceptors (Lipinski definition) is 0. The lowest BCUT2D eigenvalue weighted by Crippen LogP contribution is -1.90. The summed E-state index contributed by atoms with van der Waals surface area (Å²) in [6.45, 7) is 0. The summed E-state index contributed by atoms with van der Waals surface area (Å²) in [5.74, 6) is -1.24. The van der Waals surface area contributed by atoms with Crippen molar-refractivity contribution in [2.24, 2.45) is 0 Å². The topological polar surface area (TPSA) is 0 Å². The van der Waals surface area contributed by atoms with E-state index < -0.39 is 17.5 Å². The van der Waals surface area contributed by atoms with E-state index in [1.165, 1.54) is 0 Å². The van der Waals surface area contributed by atoms with Gasteiger partial charge >= 0.3 is 0 Å². The Kier molecular flexibility index (Phi) is 2.61. The largest absolute Gasteiger partial charge is 0.206 e. The van der Waals surface area contributed by atoms with Crippen molar-refractivity contribution < 1.29 is 13.2 Å². The summed E-state index contributed by atoms with van der Waals surface area (Å²) in [5.41, 5.74) is -0.260. The van der Waals surface area contributed by atoms with E-state index >= 15 is 0 Å². The average molecular weight is 191 g/mol. The van der Waals surface area contributed by atoms with Gasteiger partial charge in [0.1, 0.15) is 5.82 Å². The monoisotopic (exact) mass is 190 g/mol. The van der Waals surface area contributed by atoms with Crippen LogP contribution in [0.3, 0.4) is 0 Å². The minimum atomic E-state index is -1.24. The van der Waals surface area contributed by atoms with Gasteiger partial charge in [0, 0.05) is 11.4 Å². The molecule has 62 valence electrons. The maximum atomic E-state index is 12.6. The Hall–Kier alpha value is -1.14. The second-order valence-electron chi connectivity index (χ2n) is 1.97. The molecular weight excluding hydrogens is 189 g/mol. The Morgan fingerprint density at radius 2 is 1.58 bits per heavy atom. The highest BCUT2D eigenvalue weighted by molar-refractivity contribution is 6.30. The first-order chi connectivity index (χ1) is 5.65. The summed E-state index contributed by atoms with van der Waals surface area (Å²) < 4.78 is 37.4. The Morgan fingerprint density at radius 3 is 2.17 bits per heavy atom. The number of rotatable bonds is 0. The Morgan fingerprint density at radius 1 is 1.00 bits per heavy atom. The summed E-state index contributed by atoms with van der Waals surface area (Å²) in [6, 6.07) is 1.08. The molecule has 0 atom stereocenters. The van der Waals surface area contributed by atoms with E-state index in [0.29, 0.717) is 12.1 Å². The molecule has 1 aromatic rings. The summed E-state index contributed by atoms with van der Waals surface area (Å²) in [4.78, 5) is 0. The van der Waals surface area contributed by atoms with Gasteiger partial charge in [-0.05, 0) is 23.6 Å². The SMILES string of the molecule is Fc1cc(F)c(C#CCl)cc1F. The van der Waals surface area contributed by atoms with E-state index in [1.54, 1.807) is 0 Å². The van der Waals surface area contributed by atoms with Crippen LogP contribution < -0.4 is 0 Å². The Balaban J connectivity index is 3.29. The van der Waals surface area contributed by atoms with Gasteiger partial charge < -0.3 is 0 Å². The smallest absolute Gasteiger partial charge is 0.161 e. The molecule has 0 saturated carbocycles. The standard InChI is InChI=1S/C8H2ClF3/c9-2-1-5-3-7(11)8(12)4-6(5)10/h3-4H. The lowest BCUT2D eigenvalue weighted by atomic mass is 10.2. The first-order valence-electron chi connectivity index (χ1n) is 2.91. The van der Waals surface area contributed by atoms with Gasteiger partial charge in [-0.2, -0.15) is 0 Å². The molecule has 0 spiro atoms. The molecule has 0 aliphatic heterocycles. The van der Waals surface area contributed by atoms with Crippen LogP contribution in [0.1, 0.15) is 5.56 Å². The minimum absolute atomic E-state index is 0.260. The van der Waals surface area contributed by atoms with Gasteiger partial charge in [-0.1, -0.05) is 0 Å². The third-order valence-corrected chi connectivity index (χ3v) is 1.29. The summed E-state index contributed by atoms with van der Waals surface area (Å²) in [5, 5.41) is 1.86. The Labute approximate surface area is 72.0 Å². The molecule has 1 aromatic carbocycles. The molecule has 0 heterocycles. The zero-order valence-electron chi connectivity index (χ0n) is 5.67. The zero-order chi connectivity index (χ0) is 9.14. The highest BCUT2D eigenvalue weighted by Crippen LogP contribution is 2.12. The van der Waals surface area contributed by atoms with E-state index in [4.69, 9.17) is 11.6 Å². The van der Waals surface area contributed by atoms with Crippen molar-refractivity contribution in [1.82, 2.24) is 0 Å². The minimum Gasteiger partial charge on any atom is -0.206 e. The molecule has 0 unspecified atom stereocenters. The maximum absolute atomic E-state index is 12.6. The molecule has 0 bridgehead atoms. The van der Waals surface area contributed by atoms with E-state index in [9.17, 15) is 13.2 Å². The second-order valence-corrected chi connectivity index (χ2v) is 2.15. The quantitative estimate of drug-likeness (QED) is 0.436. The van der Waals surface area contributed by atoms with Crippen molar-refractivity contribution >= 4 is 11.6 Å². The summed E-state index contributed by atoms with van der Waals surface area (Å²) in [7, 11) is 0. The van der Waals surface area contributed by atoms with Gasteiger partial charge in [-0.15, -0.1) is 0 Å². The fraction of sp³-hybridized carbons (Fsp3) is 0. The van der Waals surface area contributed by atoms with Gasteiger partial charge in [0.25, 0.3) is 0 Å². The van der Waals surface area contributed by atoms with Crippen molar-refractivity contribution in [3.8, 4) is 11.3 Å². The number of halogens is 4. The van der Waals surface area contributed by atoms with Crippen LogP contribution in [0.5, 0.6) is 0 Å². The van der Waals surface area contributed by atoms with E-state index in [2.05, 4.69) is 5.92 Å². The lowest BCUT2D eigenvalue weighted by Gasteiger charge is -1.95. The van der Waals surface area contributed by atoms with Gasteiger partial charge in [0.15, 0.2) is 11.6 Å². The van der Waals surface area contributed by atoms with Crippen LogP contribution >= 0.6 is 11.6 Å². The molecule has 0 aliphatic carbocycles. The molecule has 0 aromatic heterocycles. The molecule has 0 saturated heterocycles. The Bertz CT molecular complexity index is 363. The molecule has 0 nitrogen and oxygen atoms in total. The molecule has 12 heavy (non-hydrogen) atoms. The first kappa shape index (κ1) is 8.95. The highest BCUT2D eigenvalue weighted by atomic mass is 35.5. The van der Waals surface area contributed by atoms with Crippen LogP contribution in [0.25, 0.3) is 0 Å². The van der Waals surface area contributed by atoms with Crippen molar-refractivity contribution in [1.29, 1.82) is 0 Å². The predicted octanol–water partition coefficient (Wildman–Crippen LogP) is 2.65. The maximum Gasteiger partial charge on any atom is 0.161 e. The van der Waals surface area contributed by atoms with Crippen LogP contribution in [0, 0.1) is 28.8 Å². The van der Waals surface area contributed by atoms with Gasteiger partial charge in [-0.25, -0.2) is 13.2 Å². The third kappa shape index (κ3) is 1.72. The van der Waals surface area contributed by atoms with Crippen LogP contribution in [-0.4, -0.2) is 0 Å². The molecule has 0 radical (unpaired) electrons. The van der Waals surface area contributed by atoms with Crippen LogP contribution in [-0.2, 0) is 0 Å². The molecule has 0 fully saturated rings. The van der Waals surface area contributed by atoms with E-state index in [1.807, 2.05) is 5.38 Å². The fourth-order valence-corrected chi connectivity index (χ4v) is 0.771. The summed E-state index contributed by atoms with van der Waals surface area (Å²) >= 11 is 4.96. The van der Waals surface area contributed by atoms with Crippen molar-refractivity contribution in [2.45, 2.75) is 0 Å². The molecule has 0 amide bonds. The average Bonchev–Trinajstić information content (AvgIpc) is 2.01. The van der Waals surface area contributed by atoms with Crippen molar-refractivity contribution in [2.75, 3.05) is 0 Å². The van der Waals surface area contributed by atoms with E-state index in [0.717, 1.165) is 0 Å². The van der Waals surface area contributed by atoms with Crippen molar-refractivity contribution in [3.63, 3.8) is 0 Å². The molecule has 0 N–H and O–H groups in total. The lowest BCUT2D eigenvalue weighted by molar-refractivity contribution is 0.494. The molecule has 0 aliphatic rings. The molecule has 4 heteroatoms. The second kappa shape index (κ2) is 3.51. The van der Waals surface area contributed by atoms with Gasteiger partial charge in [0.05, 0.1) is 5.56 Å². The predicted molar refractivity (Wildman–Crippen MR) is 39.0 cm³/mol. The van der Waals surface area contributed by atoms with E-state index in [-0.39, 0.29) is 5.56 Å².